The van der Waals surface area contributed by atoms with E-state index in [-0.39, 0.29) is 0 Å². The zero-order chi connectivity index (χ0) is 14.2. The lowest BCUT2D eigenvalue weighted by atomic mass is 9.85. The third-order valence-corrected chi connectivity index (χ3v) is 4.33. The summed E-state index contributed by atoms with van der Waals surface area (Å²) >= 11 is 6.04. The SMILES string of the molecule is CC1CC(C)C(C)N(c2cc(Cl)ccc2C(=O)O)C1. The van der Waals surface area contributed by atoms with Crippen LogP contribution in [-0.2, 0) is 0 Å². The number of nitrogens with zero attached hydrogens (tertiary/aromatic N) is 1. The Morgan fingerprint density at radius 2 is 2.05 bits per heavy atom. The van der Waals surface area contributed by atoms with Gasteiger partial charge in [0.05, 0.1) is 11.3 Å². The summed E-state index contributed by atoms with van der Waals surface area (Å²) < 4.78 is 0. The smallest absolute Gasteiger partial charge is 0.337 e. The van der Waals surface area contributed by atoms with Crippen LogP contribution in [0.15, 0.2) is 18.2 Å². The third kappa shape index (κ3) is 2.86. The maximum Gasteiger partial charge on any atom is 0.337 e. The average molecular weight is 282 g/mol. The molecule has 1 saturated heterocycles. The van der Waals surface area contributed by atoms with Crippen LogP contribution in [0.2, 0.25) is 5.02 Å². The first-order valence-electron chi connectivity index (χ1n) is 6.69. The lowest BCUT2D eigenvalue weighted by molar-refractivity contribution is 0.0697. The average Bonchev–Trinajstić information content (AvgIpc) is 2.33. The number of rotatable bonds is 2. The van der Waals surface area contributed by atoms with Gasteiger partial charge in [0.15, 0.2) is 0 Å². The molecule has 4 heteroatoms. The minimum Gasteiger partial charge on any atom is -0.478 e. The van der Waals surface area contributed by atoms with E-state index in [1.807, 2.05) is 0 Å². The van der Waals surface area contributed by atoms with E-state index in [9.17, 15) is 9.90 Å². The lowest BCUT2D eigenvalue weighted by Crippen LogP contribution is -2.46. The van der Waals surface area contributed by atoms with Crippen molar-refractivity contribution < 1.29 is 9.90 Å². The Bertz CT molecular complexity index is 489. The predicted octanol–water partition coefficient (Wildman–Crippen LogP) is 3.91. The summed E-state index contributed by atoms with van der Waals surface area (Å²) in [5, 5.41) is 9.92. The highest BCUT2D eigenvalue weighted by molar-refractivity contribution is 6.31. The Balaban J connectivity index is 2.44. The molecule has 19 heavy (non-hydrogen) atoms. The molecule has 0 bridgehead atoms. The number of aromatic carboxylic acids is 1. The Hall–Kier alpha value is -1.22. The summed E-state index contributed by atoms with van der Waals surface area (Å²) in [6.07, 6.45) is 1.18. The van der Waals surface area contributed by atoms with Gasteiger partial charge in [-0.15, -0.1) is 0 Å². The molecule has 3 nitrogen and oxygen atoms in total. The molecule has 3 unspecified atom stereocenters. The molecule has 0 saturated carbocycles. The quantitative estimate of drug-likeness (QED) is 0.893. The van der Waals surface area contributed by atoms with Crippen molar-refractivity contribution in [2.75, 3.05) is 11.4 Å². The zero-order valence-corrected chi connectivity index (χ0v) is 12.3. The number of hydrogen-bond acceptors (Lipinski definition) is 2. The lowest BCUT2D eigenvalue weighted by Gasteiger charge is -2.43. The largest absolute Gasteiger partial charge is 0.478 e. The van der Waals surface area contributed by atoms with Gasteiger partial charge in [0.1, 0.15) is 0 Å². The first-order valence-corrected chi connectivity index (χ1v) is 7.07. The number of piperidine rings is 1. The van der Waals surface area contributed by atoms with Gasteiger partial charge in [-0.1, -0.05) is 25.4 Å². The second-order valence-corrected chi connectivity index (χ2v) is 6.11. The Morgan fingerprint density at radius 1 is 1.37 bits per heavy atom. The summed E-state index contributed by atoms with van der Waals surface area (Å²) in [6.45, 7) is 7.47. The van der Waals surface area contributed by atoms with Crippen LogP contribution in [0.3, 0.4) is 0 Å². The Kier molecular flexibility index (Phi) is 4.04. The van der Waals surface area contributed by atoms with E-state index in [1.165, 1.54) is 6.42 Å². The second kappa shape index (κ2) is 5.41. The van der Waals surface area contributed by atoms with Gasteiger partial charge in [-0.3, -0.25) is 0 Å². The fourth-order valence-corrected chi connectivity index (χ4v) is 3.12. The number of anilines is 1. The number of benzene rings is 1. The summed E-state index contributed by atoms with van der Waals surface area (Å²) in [5.74, 6) is 0.209. The van der Waals surface area contributed by atoms with E-state index in [2.05, 4.69) is 25.7 Å². The Labute approximate surface area is 119 Å². The third-order valence-electron chi connectivity index (χ3n) is 4.10. The van der Waals surface area contributed by atoms with Crippen molar-refractivity contribution in [1.29, 1.82) is 0 Å². The van der Waals surface area contributed by atoms with Crippen LogP contribution in [0.5, 0.6) is 0 Å². The fraction of sp³-hybridized carbons (Fsp3) is 0.533. The molecular formula is C15H20ClNO2. The van der Waals surface area contributed by atoms with Crippen molar-refractivity contribution in [3.63, 3.8) is 0 Å². The van der Waals surface area contributed by atoms with Crippen LogP contribution in [-0.4, -0.2) is 23.7 Å². The summed E-state index contributed by atoms with van der Waals surface area (Å²) in [5.41, 5.74) is 1.07. The van der Waals surface area contributed by atoms with Gasteiger partial charge < -0.3 is 10.0 Å². The molecular weight excluding hydrogens is 262 g/mol. The maximum atomic E-state index is 11.4. The predicted molar refractivity (Wildman–Crippen MR) is 78.2 cm³/mol. The zero-order valence-electron chi connectivity index (χ0n) is 11.6. The molecule has 1 aliphatic heterocycles. The standard InChI is InChI=1S/C15H20ClNO2/c1-9-6-10(2)11(3)17(8-9)14-7-12(16)4-5-13(14)15(18)19/h4-5,7,9-11H,6,8H2,1-3H3,(H,18,19). The number of carboxylic acids is 1. The molecule has 3 atom stereocenters. The van der Waals surface area contributed by atoms with Crippen LogP contribution in [0, 0.1) is 11.8 Å². The van der Waals surface area contributed by atoms with Gasteiger partial charge in [-0.25, -0.2) is 4.79 Å². The van der Waals surface area contributed by atoms with Crippen LogP contribution < -0.4 is 4.90 Å². The first-order chi connectivity index (χ1) is 8.90. The van der Waals surface area contributed by atoms with Crippen LogP contribution >= 0.6 is 11.6 Å². The van der Waals surface area contributed by atoms with Gasteiger partial charge >= 0.3 is 5.97 Å². The van der Waals surface area contributed by atoms with E-state index < -0.39 is 5.97 Å². The summed E-state index contributed by atoms with van der Waals surface area (Å²) in [7, 11) is 0. The van der Waals surface area contributed by atoms with Crippen molar-refractivity contribution in [3.05, 3.63) is 28.8 Å². The van der Waals surface area contributed by atoms with E-state index in [1.54, 1.807) is 18.2 Å². The molecule has 1 fully saturated rings. The first kappa shape index (κ1) is 14.2. The van der Waals surface area contributed by atoms with E-state index in [0.717, 1.165) is 12.2 Å². The van der Waals surface area contributed by atoms with Gasteiger partial charge in [-0.2, -0.15) is 0 Å². The minimum absolute atomic E-state index is 0.327. The fourth-order valence-electron chi connectivity index (χ4n) is 2.96. The van der Waals surface area contributed by atoms with Crippen molar-refractivity contribution in [2.45, 2.75) is 33.2 Å². The van der Waals surface area contributed by atoms with Gasteiger partial charge in [0.2, 0.25) is 0 Å². The number of hydrogen-bond donors (Lipinski definition) is 1. The Morgan fingerprint density at radius 3 is 2.68 bits per heavy atom. The maximum absolute atomic E-state index is 11.4. The van der Waals surface area contributed by atoms with Crippen molar-refractivity contribution >= 4 is 23.3 Å². The molecule has 0 aliphatic carbocycles. The van der Waals surface area contributed by atoms with Crippen molar-refractivity contribution in [3.8, 4) is 0 Å². The van der Waals surface area contributed by atoms with Crippen LogP contribution in [0.4, 0.5) is 5.69 Å². The molecule has 0 radical (unpaired) electrons. The normalized spacial score (nSPS) is 27.4. The highest BCUT2D eigenvalue weighted by Gasteiger charge is 2.31. The van der Waals surface area contributed by atoms with Gasteiger partial charge in [0, 0.05) is 17.6 Å². The van der Waals surface area contributed by atoms with Crippen LogP contribution in [0.1, 0.15) is 37.6 Å². The van der Waals surface area contributed by atoms with Crippen molar-refractivity contribution in [1.82, 2.24) is 0 Å². The molecule has 1 aromatic rings. The van der Waals surface area contributed by atoms with Crippen molar-refractivity contribution in [2.24, 2.45) is 11.8 Å². The molecule has 1 heterocycles. The monoisotopic (exact) mass is 281 g/mol. The van der Waals surface area contributed by atoms with E-state index >= 15 is 0 Å². The number of carboxylic acid groups (broad SMARTS) is 1. The van der Waals surface area contributed by atoms with Gasteiger partial charge in [-0.05, 0) is 43.4 Å². The topological polar surface area (TPSA) is 40.5 Å². The number of halogens is 1. The molecule has 2 rings (SSSR count). The molecule has 1 aromatic carbocycles. The minimum atomic E-state index is -0.898. The van der Waals surface area contributed by atoms with E-state index in [0.29, 0.717) is 28.5 Å². The van der Waals surface area contributed by atoms with Gasteiger partial charge in [0.25, 0.3) is 0 Å². The highest BCUT2D eigenvalue weighted by atomic mass is 35.5. The molecule has 0 spiro atoms. The summed E-state index contributed by atoms with van der Waals surface area (Å²) in [6, 6.07) is 5.33. The van der Waals surface area contributed by atoms with Crippen LogP contribution in [0.25, 0.3) is 0 Å². The second-order valence-electron chi connectivity index (χ2n) is 5.68. The molecule has 1 N–H and O–H groups in total. The molecule has 1 aliphatic rings. The molecule has 0 amide bonds. The van der Waals surface area contributed by atoms with E-state index in [4.69, 9.17) is 11.6 Å². The number of carbonyl (C=O) groups is 1. The summed E-state index contributed by atoms with van der Waals surface area (Å²) in [4.78, 5) is 13.6. The highest BCUT2D eigenvalue weighted by Crippen LogP contribution is 2.34. The molecule has 0 aromatic heterocycles. The molecule has 104 valence electrons.